The van der Waals surface area contributed by atoms with Crippen molar-refractivity contribution in [3.63, 3.8) is 0 Å². The first-order chi connectivity index (χ1) is 14.7. The molecule has 1 atom stereocenters. The van der Waals surface area contributed by atoms with Crippen LogP contribution in [0.15, 0.2) is 42.5 Å². The fourth-order valence-electron chi connectivity index (χ4n) is 3.18. The van der Waals surface area contributed by atoms with Crippen molar-refractivity contribution in [2.45, 2.75) is 59.2 Å². The summed E-state index contributed by atoms with van der Waals surface area (Å²) in [6.07, 6.45) is 1.40. The van der Waals surface area contributed by atoms with Crippen molar-refractivity contribution in [2.24, 2.45) is 0 Å². The largest absolute Gasteiger partial charge is 0.484 e. The minimum Gasteiger partial charge on any atom is -0.484 e. The molecule has 0 aromatic heterocycles. The van der Waals surface area contributed by atoms with Crippen LogP contribution in [0.4, 0.5) is 0 Å². The highest BCUT2D eigenvalue weighted by Crippen LogP contribution is 2.24. The molecular formula is C24H30Cl2N2O3. The van der Waals surface area contributed by atoms with Crippen LogP contribution in [-0.4, -0.2) is 35.4 Å². The molecule has 2 aromatic rings. The molecule has 1 N–H and O–H groups in total. The number of hydrogen-bond acceptors (Lipinski definition) is 3. The molecule has 0 aliphatic rings. The normalized spacial score (nSPS) is 11.8. The number of nitrogens with zero attached hydrogens (tertiary/aromatic N) is 1. The second kappa shape index (κ2) is 12.0. The minimum atomic E-state index is -0.629. The summed E-state index contributed by atoms with van der Waals surface area (Å²) in [6, 6.07) is 12.2. The third-order valence-electron chi connectivity index (χ3n) is 4.85. The maximum atomic E-state index is 13.1. The lowest BCUT2D eigenvalue weighted by molar-refractivity contribution is -0.143. The number of carbonyl (C=O) groups excluding carboxylic acids is 2. The second-order valence-electron chi connectivity index (χ2n) is 7.64. The van der Waals surface area contributed by atoms with Gasteiger partial charge in [-0.25, -0.2) is 0 Å². The van der Waals surface area contributed by atoms with E-state index in [-0.39, 0.29) is 31.0 Å². The highest BCUT2D eigenvalue weighted by atomic mass is 35.5. The summed E-state index contributed by atoms with van der Waals surface area (Å²) < 4.78 is 5.71. The Balaban J connectivity index is 2.21. The lowest BCUT2D eigenvalue weighted by Crippen LogP contribution is -2.51. The van der Waals surface area contributed by atoms with Gasteiger partial charge < -0.3 is 15.0 Å². The molecule has 0 saturated carbocycles. The van der Waals surface area contributed by atoms with E-state index in [1.54, 1.807) is 18.2 Å². The van der Waals surface area contributed by atoms with Crippen LogP contribution in [-0.2, 0) is 22.6 Å². The van der Waals surface area contributed by atoms with E-state index in [1.807, 2.05) is 45.0 Å². The van der Waals surface area contributed by atoms with Gasteiger partial charge in [-0.2, -0.15) is 0 Å². The van der Waals surface area contributed by atoms with Gasteiger partial charge in [0.2, 0.25) is 5.91 Å². The first-order valence-electron chi connectivity index (χ1n) is 10.5. The van der Waals surface area contributed by atoms with E-state index in [4.69, 9.17) is 27.9 Å². The number of halogens is 2. The van der Waals surface area contributed by atoms with Gasteiger partial charge >= 0.3 is 0 Å². The van der Waals surface area contributed by atoms with E-state index in [2.05, 4.69) is 12.2 Å². The lowest BCUT2D eigenvalue weighted by Gasteiger charge is -2.31. The number of rotatable bonds is 10. The average molecular weight is 465 g/mol. The van der Waals surface area contributed by atoms with Crippen LogP contribution in [0.3, 0.4) is 0 Å². The van der Waals surface area contributed by atoms with Gasteiger partial charge in [-0.15, -0.1) is 0 Å². The van der Waals surface area contributed by atoms with Crippen LogP contribution < -0.4 is 10.1 Å². The molecule has 31 heavy (non-hydrogen) atoms. The summed E-state index contributed by atoms with van der Waals surface area (Å²) in [5.41, 5.74) is 1.97. The summed E-state index contributed by atoms with van der Waals surface area (Å²) in [4.78, 5) is 27.5. The van der Waals surface area contributed by atoms with Crippen LogP contribution in [0.25, 0.3) is 0 Å². The van der Waals surface area contributed by atoms with Gasteiger partial charge in [0, 0.05) is 12.6 Å². The van der Waals surface area contributed by atoms with Gasteiger partial charge in [0.05, 0.1) is 10.0 Å². The summed E-state index contributed by atoms with van der Waals surface area (Å²) in [5.74, 6) is 0.134. The molecule has 7 heteroatoms. The Kier molecular flexibility index (Phi) is 9.66. The van der Waals surface area contributed by atoms with Gasteiger partial charge in [-0.3, -0.25) is 9.59 Å². The molecule has 0 spiro atoms. The Labute approximate surface area is 194 Å². The summed E-state index contributed by atoms with van der Waals surface area (Å²) in [6.45, 7) is 7.78. The van der Waals surface area contributed by atoms with Crippen LogP contribution in [0.1, 0.15) is 45.2 Å². The molecule has 0 heterocycles. The first kappa shape index (κ1) is 25.0. The Hall–Kier alpha value is -2.24. The molecule has 2 amide bonds. The third-order valence-corrected chi connectivity index (χ3v) is 5.59. The van der Waals surface area contributed by atoms with E-state index >= 15 is 0 Å². The number of hydrogen-bond donors (Lipinski definition) is 1. The van der Waals surface area contributed by atoms with Crippen LogP contribution in [0, 0.1) is 0 Å². The summed E-state index contributed by atoms with van der Waals surface area (Å²) in [5, 5.41) is 3.74. The molecule has 2 aromatic carbocycles. The number of nitrogens with one attached hydrogen (secondary N) is 1. The number of ether oxygens (including phenoxy) is 1. The van der Waals surface area contributed by atoms with Gasteiger partial charge in [0.1, 0.15) is 11.8 Å². The number of benzene rings is 2. The first-order valence-corrected chi connectivity index (χ1v) is 11.3. The Morgan fingerprint density at radius 1 is 1.00 bits per heavy atom. The molecule has 2 rings (SSSR count). The fourth-order valence-corrected chi connectivity index (χ4v) is 3.50. The van der Waals surface area contributed by atoms with E-state index < -0.39 is 6.04 Å². The van der Waals surface area contributed by atoms with Crippen LogP contribution in [0.5, 0.6) is 5.75 Å². The molecular weight excluding hydrogens is 435 g/mol. The SMILES string of the molecule is CCc1ccc(OCC(=O)N(Cc2ccc(Cl)c(Cl)c2)[C@H](CC)C(=O)NC(C)C)cc1. The zero-order chi connectivity index (χ0) is 23.0. The van der Waals surface area contributed by atoms with Crippen LogP contribution in [0.2, 0.25) is 10.0 Å². The van der Waals surface area contributed by atoms with Gasteiger partial charge in [-0.1, -0.05) is 55.2 Å². The highest BCUT2D eigenvalue weighted by molar-refractivity contribution is 6.42. The molecule has 0 fully saturated rings. The maximum absolute atomic E-state index is 13.1. The van der Waals surface area contributed by atoms with Crippen molar-refractivity contribution in [3.05, 3.63) is 63.6 Å². The molecule has 5 nitrogen and oxygen atoms in total. The predicted octanol–water partition coefficient (Wildman–Crippen LogP) is 5.27. The Morgan fingerprint density at radius 3 is 2.19 bits per heavy atom. The van der Waals surface area contributed by atoms with Crippen molar-refractivity contribution in [2.75, 3.05) is 6.61 Å². The van der Waals surface area contributed by atoms with Crippen molar-refractivity contribution in [3.8, 4) is 5.75 Å². The summed E-state index contributed by atoms with van der Waals surface area (Å²) in [7, 11) is 0. The van der Waals surface area contributed by atoms with Crippen molar-refractivity contribution >= 4 is 35.0 Å². The van der Waals surface area contributed by atoms with Gasteiger partial charge in [-0.05, 0) is 62.1 Å². The monoisotopic (exact) mass is 464 g/mol. The van der Waals surface area contributed by atoms with Gasteiger partial charge in [0.15, 0.2) is 6.61 Å². The molecule has 168 valence electrons. The van der Waals surface area contributed by atoms with Crippen molar-refractivity contribution in [1.82, 2.24) is 10.2 Å². The lowest BCUT2D eigenvalue weighted by atomic mass is 10.1. The van der Waals surface area contributed by atoms with E-state index in [9.17, 15) is 9.59 Å². The predicted molar refractivity (Wildman–Crippen MR) is 126 cm³/mol. The van der Waals surface area contributed by atoms with Crippen molar-refractivity contribution < 1.29 is 14.3 Å². The molecule has 0 unspecified atom stereocenters. The van der Waals surface area contributed by atoms with Gasteiger partial charge in [0.25, 0.3) is 5.91 Å². The topological polar surface area (TPSA) is 58.6 Å². The standard InChI is InChI=1S/C24H30Cl2N2O3/c1-5-17-7-10-19(11-8-17)31-15-23(29)28(22(6-2)24(30)27-16(3)4)14-18-9-12-20(25)21(26)13-18/h7-13,16,22H,5-6,14-15H2,1-4H3,(H,27,30)/t22-/m1/s1. The number of carbonyl (C=O) groups is 2. The zero-order valence-electron chi connectivity index (χ0n) is 18.5. The quantitative estimate of drug-likeness (QED) is 0.520. The fraction of sp³-hybridized carbons (Fsp3) is 0.417. The summed E-state index contributed by atoms with van der Waals surface area (Å²) >= 11 is 12.2. The Morgan fingerprint density at radius 2 is 1.65 bits per heavy atom. The molecule has 0 aliphatic heterocycles. The Bertz CT molecular complexity index is 885. The molecule has 0 aliphatic carbocycles. The van der Waals surface area contributed by atoms with E-state index in [0.717, 1.165) is 12.0 Å². The second-order valence-corrected chi connectivity index (χ2v) is 8.46. The number of aryl methyl sites for hydroxylation is 1. The maximum Gasteiger partial charge on any atom is 0.261 e. The van der Waals surface area contributed by atoms with Crippen molar-refractivity contribution in [1.29, 1.82) is 0 Å². The minimum absolute atomic E-state index is 0.0307. The molecule has 0 bridgehead atoms. The zero-order valence-corrected chi connectivity index (χ0v) is 20.0. The number of amides is 2. The van der Waals surface area contributed by atoms with E-state index in [1.165, 1.54) is 10.5 Å². The smallest absolute Gasteiger partial charge is 0.261 e. The molecule has 0 radical (unpaired) electrons. The average Bonchev–Trinajstić information content (AvgIpc) is 2.74. The van der Waals surface area contributed by atoms with Crippen LogP contribution >= 0.6 is 23.2 Å². The molecule has 0 saturated heterocycles. The van der Waals surface area contributed by atoms with E-state index in [0.29, 0.717) is 22.2 Å². The third kappa shape index (κ3) is 7.44. The highest BCUT2D eigenvalue weighted by Gasteiger charge is 2.29.